The van der Waals surface area contributed by atoms with E-state index in [2.05, 4.69) is 162 Å². The molecular weight excluding hydrogens is 558 g/mol. The minimum atomic E-state index is 0.394. The van der Waals surface area contributed by atoms with Gasteiger partial charge in [-0.15, -0.1) is 0 Å². The minimum absolute atomic E-state index is 0.394. The van der Waals surface area contributed by atoms with Crippen molar-refractivity contribution in [3.63, 3.8) is 0 Å². The molecule has 0 aliphatic carbocycles. The summed E-state index contributed by atoms with van der Waals surface area (Å²) in [6, 6.07) is 57.3. The van der Waals surface area contributed by atoms with Crippen LogP contribution in [-0.4, -0.2) is 4.57 Å². The third-order valence-corrected chi connectivity index (χ3v) is 9.70. The number of aromatic nitrogens is 1. The molecule has 220 valence electrons. The van der Waals surface area contributed by atoms with Gasteiger partial charge in [0.25, 0.3) is 0 Å². The van der Waals surface area contributed by atoms with Crippen molar-refractivity contribution in [2.24, 2.45) is 0 Å². The maximum atomic E-state index is 6.54. The Kier molecular flexibility index (Phi) is 6.45. The Bertz CT molecular complexity index is 2500. The van der Waals surface area contributed by atoms with E-state index in [0.29, 0.717) is 5.92 Å². The molecule has 0 fully saturated rings. The smallest absolute Gasteiger partial charge is 0.137 e. The summed E-state index contributed by atoms with van der Waals surface area (Å²) in [7, 11) is 0. The molecule has 0 aliphatic rings. The lowest BCUT2D eigenvalue weighted by atomic mass is 9.87. The SMILES string of the molecule is c1ccc(CCC(Cc2ccccc2)c2cccc(-n3c4ccccc4c4cc5c(cc43)oc3ccc4ccccc4c35)c2)cc1. The molecule has 7 aromatic carbocycles. The Morgan fingerprint density at radius 2 is 1.24 bits per heavy atom. The summed E-state index contributed by atoms with van der Waals surface area (Å²) in [5, 5.41) is 7.32. The van der Waals surface area contributed by atoms with Gasteiger partial charge in [0.1, 0.15) is 11.2 Å². The predicted molar refractivity (Wildman–Crippen MR) is 193 cm³/mol. The van der Waals surface area contributed by atoms with Gasteiger partial charge in [0.15, 0.2) is 0 Å². The van der Waals surface area contributed by atoms with Crippen LogP contribution in [0.3, 0.4) is 0 Å². The van der Waals surface area contributed by atoms with Gasteiger partial charge in [0.05, 0.1) is 11.0 Å². The van der Waals surface area contributed by atoms with Crippen molar-refractivity contribution in [3.8, 4) is 5.69 Å². The third kappa shape index (κ3) is 4.57. The molecule has 0 amide bonds. The van der Waals surface area contributed by atoms with E-state index in [1.165, 1.54) is 60.2 Å². The van der Waals surface area contributed by atoms with Crippen LogP contribution in [0, 0.1) is 0 Å². The van der Waals surface area contributed by atoms with Crippen molar-refractivity contribution in [2.75, 3.05) is 0 Å². The average molecular weight is 592 g/mol. The first-order chi connectivity index (χ1) is 22.8. The van der Waals surface area contributed by atoms with E-state index in [-0.39, 0.29) is 0 Å². The van der Waals surface area contributed by atoms with E-state index in [1.54, 1.807) is 0 Å². The van der Waals surface area contributed by atoms with Crippen LogP contribution in [0.4, 0.5) is 0 Å². The highest BCUT2D eigenvalue weighted by Gasteiger charge is 2.19. The highest BCUT2D eigenvalue weighted by atomic mass is 16.3. The van der Waals surface area contributed by atoms with Crippen molar-refractivity contribution in [2.45, 2.75) is 25.2 Å². The number of hydrogen-bond acceptors (Lipinski definition) is 1. The number of hydrogen-bond donors (Lipinski definition) is 0. The van der Waals surface area contributed by atoms with Crippen molar-refractivity contribution >= 4 is 54.5 Å². The molecule has 0 N–H and O–H groups in total. The van der Waals surface area contributed by atoms with Crippen LogP contribution < -0.4 is 0 Å². The lowest BCUT2D eigenvalue weighted by molar-refractivity contribution is 0.621. The number of fused-ring (bicyclic) bond motifs is 8. The first-order valence-corrected chi connectivity index (χ1v) is 16.3. The van der Waals surface area contributed by atoms with Crippen molar-refractivity contribution in [3.05, 3.63) is 174 Å². The van der Waals surface area contributed by atoms with Crippen LogP contribution in [0.25, 0.3) is 60.2 Å². The van der Waals surface area contributed by atoms with E-state index >= 15 is 0 Å². The number of para-hydroxylation sites is 1. The summed E-state index contributed by atoms with van der Waals surface area (Å²) in [6.45, 7) is 0. The molecule has 1 atom stereocenters. The fraction of sp³-hybridized carbons (Fsp3) is 0.0909. The Labute approximate surface area is 268 Å². The van der Waals surface area contributed by atoms with Gasteiger partial charge >= 0.3 is 0 Å². The Morgan fingerprint density at radius 3 is 2.09 bits per heavy atom. The highest BCUT2D eigenvalue weighted by molar-refractivity contribution is 6.23. The molecule has 0 saturated heterocycles. The van der Waals surface area contributed by atoms with E-state index in [1.807, 2.05) is 0 Å². The minimum Gasteiger partial charge on any atom is -0.456 e. The normalized spacial score (nSPS) is 12.5. The summed E-state index contributed by atoms with van der Waals surface area (Å²) in [5.41, 5.74) is 9.55. The molecule has 0 spiro atoms. The van der Waals surface area contributed by atoms with E-state index in [9.17, 15) is 0 Å². The predicted octanol–water partition coefficient (Wildman–Crippen LogP) is 11.8. The van der Waals surface area contributed by atoms with Crippen molar-refractivity contribution in [1.29, 1.82) is 0 Å². The van der Waals surface area contributed by atoms with Crippen molar-refractivity contribution in [1.82, 2.24) is 4.57 Å². The number of aryl methyl sites for hydroxylation is 1. The van der Waals surface area contributed by atoms with Crippen LogP contribution >= 0.6 is 0 Å². The number of benzene rings is 7. The number of rotatable bonds is 7. The molecule has 9 aromatic rings. The second kappa shape index (κ2) is 11.1. The summed E-state index contributed by atoms with van der Waals surface area (Å²) < 4.78 is 8.97. The molecule has 0 bridgehead atoms. The molecule has 46 heavy (non-hydrogen) atoms. The molecule has 9 rings (SSSR count). The molecule has 2 aromatic heterocycles. The van der Waals surface area contributed by atoms with Gasteiger partial charge in [0, 0.05) is 33.3 Å². The summed E-state index contributed by atoms with van der Waals surface area (Å²) in [6.07, 6.45) is 3.15. The molecule has 0 aliphatic heterocycles. The summed E-state index contributed by atoms with van der Waals surface area (Å²) >= 11 is 0. The fourth-order valence-corrected chi connectivity index (χ4v) is 7.48. The monoisotopic (exact) mass is 591 g/mol. The number of nitrogens with zero attached hydrogens (tertiary/aromatic N) is 1. The zero-order chi connectivity index (χ0) is 30.5. The molecule has 1 unspecified atom stereocenters. The van der Waals surface area contributed by atoms with Gasteiger partial charge in [-0.1, -0.05) is 121 Å². The summed E-state index contributed by atoms with van der Waals surface area (Å²) in [5.74, 6) is 0.394. The largest absolute Gasteiger partial charge is 0.456 e. The lowest BCUT2D eigenvalue weighted by Crippen LogP contribution is -2.06. The quantitative estimate of drug-likeness (QED) is 0.180. The molecule has 2 heteroatoms. The Balaban J connectivity index is 1.21. The second-order valence-corrected chi connectivity index (χ2v) is 12.5. The van der Waals surface area contributed by atoms with Gasteiger partial charge in [-0.2, -0.15) is 0 Å². The van der Waals surface area contributed by atoms with Gasteiger partial charge < -0.3 is 8.98 Å². The Morgan fingerprint density at radius 1 is 0.500 bits per heavy atom. The van der Waals surface area contributed by atoms with E-state index in [0.717, 1.165) is 35.9 Å². The van der Waals surface area contributed by atoms with Crippen LogP contribution in [0.15, 0.2) is 162 Å². The zero-order valence-corrected chi connectivity index (χ0v) is 25.6. The van der Waals surface area contributed by atoms with Crippen LogP contribution in [-0.2, 0) is 12.8 Å². The number of furan rings is 1. The maximum absolute atomic E-state index is 6.54. The van der Waals surface area contributed by atoms with E-state index in [4.69, 9.17) is 4.42 Å². The van der Waals surface area contributed by atoms with Crippen LogP contribution in [0.1, 0.15) is 29.0 Å². The second-order valence-electron chi connectivity index (χ2n) is 12.5. The molecule has 0 saturated carbocycles. The van der Waals surface area contributed by atoms with Gasteiger partial charge in [-0.05, 0) is 83.0 Å². The van der Waals surface area contributed by atoms with Gasteiger partial charge in [-0.25, -0.2) is 0 Å². The molecule has 2 heterocycles. The average Bonchev–Trinajstić information content (AvgIpc) is 3.65. The summed E-state index contributed by atoms with van der Waals surface area (Å²) in [4.78, 5) is 0. The molecular formula is C44H33NO. The molecule has 2 nitrogen and oxygen atoms in total. The standard InChI is InChI=1S/C44H33NO/c1-3-12-30(13-4-1)22-23-34(26-31-14-5-2-6-15-31)33-17-11-18-35(27-33)45-40-21-10-9-20-37(40)38-28-39-43(29-41(38)45)46-42-25-24-32-16-7-8-19-36(32)44(39)42/h1-21,24-25,27-29,34H,22-23,26H2. The fourth-order valence-electron chi connectivity index (χ4n) is 7.48. The first kappa shape index (κ1) is 26.8. The lowest BCUT2D eigenvalue weighted by Gasteiger charge is -2.19. The zero-order valence-electron chi connectivity index (χ0n) is 25.6. The third-order valence-electron chi connectivity index (χ3n) is 9.70. The van der Waals surface area contributed by atoms with Crippen molar-refractivity contribution < 1.29 is 4.42 Å². The van der Waals surface area contributed by atoms with Gasteiger partial charge in [0.2, 0.25) is 0 Å². The van der Waals surface area contributed by atoms with Crippen LogP contribution in [0.2, 0.25) is 0 Å². The topological polar surface area (TPSA) is 18.1 Å². The maximum Gasteiger partial charge on any atom is 0.137 e. The van der Waals surface area contributed by atoms with Gasteiger partial charge in [-0.3, -0.25) is 0 Å². The van der Waals surface area contributed by atoms with E-state index < -0.39 is 0 Å². The Hall–Kier alpha value is -5.60. The molecule has 0 radical (unpaired) electrons. The highest BCUT2D eigenvalue weighted by Crippen LogP contribution is 2.41. The van der Waals surface area contributed by atoms with Crippen LogP contribution in [0.5, 0.6) is 0 Å². The first-order valence-electron chi connectivity index (χ1n) is 16.3.